The van der Waals surface area contributed by atoms with Crippen molar-refractivity contribution in [1.29, 1.82) is 0 Å². The Morgan fingerprint density at radius 2 is 1.96 bits per heavy atom. The van der Waals surface area contributed by atoms with Gasteiger partial charge in [-0.1, -0.05) is 15.9 Å². The highest BCUT2D eigenvalue weighted by Crippen LogP contribution is 2.36. The summed E-state index contributed by atoms with van der Waals surface area (Å²) in [5, 5.41) is 0. The molecule has 0 aromatic heterocycles. The Labute approximate surface area is 174 Å². The van der Waals surface area contributed by atoms with Crippen LogP contribution in [0.4, 0.5) is 5.69 Å². The Bertz CT molecular complexity index is 1020. The van der Waals surface area contributed by atoms with Crippen LogP contribution >= 0.6 is 15.9 Å². The molecule has 0 aliphatic carbocycles. The first-order valence-electron chi connectivity index (χ1n) is 8.96. The van der Waals surface area contributed by atoms with Gasteiger partial charge in [-0.05, 0) is 69.2 Å². The van der Waals surface area contributed by atoms with E-state index < -0.39 is 10.0 Å². The van der Waals surface area contributed by atoms with E-state index in [1.54, 1.807) is 24.8 Å². The quantitative estimate of drug-likeness (QED) is 0.727. The van der Waals surface area contributed by atoms with Gasteiger partial charge in [-0.25, -0.2) is 13.1 Å². The molecular formula is C20H23BrN2O4S. The fraction of sp³-hybridized carbons (Fsp3) is 0.350. The second-order valence-corrected chi connectivity index (χ2v) is 9.74. The van der Waals surface area contributed by atoms with Crippen molar-refractivity contribution >= 4 is 37.5 Å². The van der Waals surface area contributed by atoms with Gasteiger partial charge in [0.15, 0.2) is 0 Å². The third-order valence-electron chi connectivity index (χ3n) is 4.57. The van der Waals surface area contributed by atoms with Crippen LogP contribution in [0.1, 0.15) is 36.7 Å². The van der Waals surface area contributed by atoms with Gasteiger partial charge in [0.1, 0.15) is 10.6 Å². The first-order valence-corrected chi connectivity index (χ1v) is 11.2. The number of carbonyl (C=O) groups excluding carboxylic acids is 1. The molecule has 1 N–H and O–H groups in total. The molecule has 1 aliphatic rings. The van der Waals surface area contributed by atoms with Gasteiger partial charge in [-0.2, -0.15) is 0 Å². The van der Waals surface area contributed by atoms with E-state index in [2.05, 4.69) is 20.7 Å². The monoisotopic (exact) mass is 466 g/mol. The highest BCUT2D eigenvalue weighted by Gasteiger charge is 2.32. The summed E-state index contributed by atoms with van der Waals surface area (Å²) in [4.78, 5) is 14.9. The van der Waals surface area contributed by atoms with Crippen molar-refractivity contribution in [1.82, 2.24) is 4.72 Å². The third-order valence-corrected chi connectivity index (χ3v) is 6.74. The van der Waals surface area contributed by atoms with Crippen LogP contribution in [0.25, 0.3) is 0 Å². The molecule has 1 atom stereocenters. The number of amides is 1. The van der Waals surface area contributed by atoms with E-state index in [-0.39, 0.29) is 28.6 Å². The lowest BCUT2D eigenvalue weighted by Gasteiger charge is -2.23. The summed E-state index contributed by atoms with van der Waals surface area (Å²) in [7, 11) is -2.41. The number of sulfonamides is 1. The molecule has 3 rings (SSSR count). The van der Waals surface area contributed by atoms with E-state index >= 15 is 0 Å². The van der Waals surface area contributed by atoms with Gasteiger partial charge in [0.2, 0.25) is 10.0 Å². The van der Waals surface area contributed by atoms with Gasteiger partial charge < -0.3 is 9.64 Å². The van der Waals surface area contributed by atoms with Crippen LogP contribution in [0.2, 0.25) is 0 Å². The van der Waals surface area contributed by atoms with Crippen molar-refractivity contribution in [3.8, 4) is 5.75 Å². The van der Waals surface area contributed by atoms with E-state index in [9.17, 15) is 13.2 Å². The maximum absolute atomic E-state index is 13.3. The van der Waals surface area contributed by atoms with E-state index in [0.29, 0.717) is 5.56 Å². The van der Waals surface area contributed by atoms with E-state index in [1.165, 1.54) is 19.2 Å². The molecule has 28 heavy (non-hydrogen) atoms. The number of anilines is 1. The number of nitrogens with one attached hydrogen (secondary N) is 1. The lowest BCUT2D eigenvalue weighted by atomic mass is 10.1. The van der Waals surface area contributed by atoms with Gasteiger partial charge in [0.05, 0.1) is 7.11 Å². The number of fused-ring (bicyclic) bond motifs is 1. The normalized spacial score (nSPS) is 16.4. The van der Waals surface area contributed by atoms with Gasteiger partial charge in [0.25, 0.3) is 5.91 Å². The molecule has 150 valence electrons. The van der Waals surface area contributed by atoms with Crippen molar-refractivity contribution in [3.63, 3.8) is 0 Å². The molecule has 1 aliphatic heterocycles. The number of carbonyl (C=O) groups is 1. The molecular weight excluding hydrogens is 444 g/mol. The number of hydrogen-bond donors (Lipinski definition) is 1. The van der Waals surface area contributed by atoms with Gasteiger partial charge in [0, 0.05) is 27.8 Å². The zero-order chi connectivity index (χ0) is 20.6. The Morgan fingerprint density at radius 1 is 1.25 bits per heavy atom. The third kappa shape index (κ3) is 3.94. The predicted octanol–water partition coefficient (Wildman–Crippen LogP) is 3.74. The minimum atomic E-state index is -3.81. The number of methoxy groups -OCH3 is 1. The maximum atomic E-state index is 13.3. The maximum Gasteiger partial charge on any atom is 0.258 e. The van der Waals surface area contributed by atoms with Crippen LogP contribution in [0, 0.1) is 0 Å². The number of rotatable bonds is 5. The zero-order valence-electron chi connectivity index (χ0n) is 16.2. The second kappa shape index (κ2) is 7.85. The molecule has 1 heterocycles. The number of hydrogen-bond acceptors (Lipinski definition) is 4. The van der Waals surface area contributed by atoms with Crippen molar-refractivity contribution in [2.45, 2.75) is 44.2 Å². The zero-order valence-corrected chi connectivity index (χ0v) is 18.6. The minimum absolute atomic E-state index is 0.0206. The number of nitrogens with zero attached hydrogens (tertiary/aromatic N) is 1. The molecule has 6 nitrogen and oxygen atoms in total. The molecule has 0 bridgehead atoms. The largest absolute Gasteiger partial charge is 0.495 e. The van der Waals surface area contributed by atoms with Crippen molar-refractivity contribution in [3.05, 3.63) is 52.0 Å². The lowest BCUT2D eigenvalue weighted by Crippen LogP contribution is -2.36. The molecule has 2 aromatic rings. The highest BCUT2D eigenvalue weighted by molar-refractivity contribution is 9.10. The highest BCUT2D eigenvalue weighted by atomic mass is 79.9. The van der Waals surface area contributed by atoms with Crippen LogP contribution in [-0.4, -0.2) is 33.5 Å². The van der Waals surface area contributed by atoms with Gasteiger partial charge in [-0.15, -0.1) is 0 Å². The van der Waals surface area contributed by atoms with Crippen molar-refractivity contribution in [2.75, 3.05) is 12.0 Å². The summed E-state index contributed by atoms with van der Waals surface area (Å²) in [6, 6.07) is 10.0. The number of halogens is 1. The Morgan fingerprint density at radius 3 is 2.61 bits per heavy atom. The summed E-state index contributed by atoms with van der Waals surface area (Å²) in [5.74, 6) is -0.0410. The Balaban J connectivity index is 2.03. The smallest absolute Gasteiger partial charge is 0.258 e. The minimum Gasteiger partial charge on any atom is -0.495 e. The summed E-state index contributed by atoms with van der Waals surface area (Å²) in [6.07, 6.45) is 0.747. The fourth-order valence-corrected chi connectivity index (χ4v) is 5.30. The molecule has 0 saturated carbocycles. The van der Waals surface area contributed by atoms with Crippen LogP contribution in [0.5, 0.6) is 5.75 Å². The Kier molecular flexibility index (Phi) is 5.84. The van der Waals surface area contributed by atoms with Gasteiger partial charge >= 0.3 is 0 Å². The van der Waals surface area contributed by atoms with Crippen LogP contribution in [0.3, 0.4) is 0 Å². The first-order chi connectivity index (χ1) is 13.1. The summed E-state index contributed by atoms with van der Waals surface area (Å²) < 4.78 is 34.1. The molecule has 0 fully saturated rings. The average Bonchev–Trinajstić information content (AvgIpc) is 2.94. The fourth-order valence-electron chi connectivity index (χ4n) is 3.44. The molecule has 8 heteroatoms. The van der Waals surface area contributed by atoms with Crippen LogP contribution in [0.15, 0.2) is 45.8 Å². The standard InChI is InChI=1S/C20H23BrN2O4S/c1-12(2)22-28(25,26)19-11-14(5-8-18(19)27-4)20(24)23-13(3)9-15-10-16(21)6-7-17(15)23/h5-8,10-13,22H,9H2,1-4H3/t13-/m0/s1. The number of benzene rings is 2. The van der Waals surface area contributed by atoms with E-state index in [4.69, 9.17) is 4.74 Å². The predicted molar refractivity (Wildman–Crippen MR) is 113 cm³/mol. The summed E-state index contributed by atoms with van der Waals surface area (Å²) in [5.41, 5.74) is 2.23. The second-order valence-electron chi connectivity index (χ2n) is 7.14. The van der Waals surface area contributed by atoms with Gasteiger partial charge in [-0.3, -0.25) is 4.79 Å². The summed E-state index contributed by atoms with van der Waals surface area (Å²) in [6.45, 7) is 5.45. The Hall–Kier alpha value is -1.90. The van der Waals surface area contributed by atoms with E-state index in [1.807, 2.05) is 25.1 Å². The van der Waals surface area contributed by atoms with E-state index in [0.717, 1.165) is 22.1 Å². The van der Waals surface area contributed by atoms with Crippen molar-refractivity contribution < 1.29 is 17.9 Å². The summed E-state index contributed by atoms with van der Waals surface area (Å²) >= 11 is 3.46. The topological polar surface area (TPSA) is 75.7 Å². The van der Waals surface area contributed by atoms with Crippen LogP contribution < -0.4 is 14.4 Å². The lowest BCUT2D eigenvalue weighted by molar-refractivity contribution is 0.0981. The van der Waals surface area contributed by atoms with Crippen LogP contribution in [-0.2, 0) is 16.4 Å². The average molecular weight is 467 g/mol. The molecule has 0 radical (unpaired) electrons. The van der Waals surface area contributed by atoms with Crippen molar-refractivity contribution in [2.24, 2.45) is 0 Å². The molecule has 1 amide bonds. The molecule has 0 spiro atoms. The molecule has 0 saturated heterocycles. The molecule has 2 aromatic carbocycles. The number of ether oxygens (including phenoxy) is 1. The molecule has 0 unspecified atom stereocenters. The first kappa shape index (κ1) is 20.8. The SMILES string of the molecule is COc1ccc(C(=O)N2c3ccc(Br)cc3C[C@@H]2C)cc1S(=O)(=O)NC(C)C.